The molecule has 2 fully saturated rings. The van der Waals surface area contributed by atoms with Crippen molar-refractivity contribution >= 4 is 19.3 Å². The molecule has 2 aliphatic rings. The van der Waals surface area contributed by atoms with Crippen LogP contribution in [0.2, 0.25) is 18.1 Å². The van der Waals surface area contributed by atoms with Gasteiger partial charge in [-0.3, -0.25) is 0 Å². The summed E-state index contributed by atoms with van der Waals surface area (Å²) in [7, 11) is -1.34. The van der Waals surface area contributed by atoms with Crippen molar-refractivity contribution in [3.05, 3.63) is 71.8 Å². The Morgan fingerprint density at radius 3 is 2.18 bits per heavy atom. The van der Waals surface area contributed by atoms with Gasteiger partial charge in [-0.1, -0.05) is 111 Å². The van der Waals surface area contributed by atoms with E-state index in [2.05, 4.69) is 43.3 Å². The first kappa shape index (κ1) is 24.4. The van der Waals surface area contributed by atoms with E-state index in [4.69, 9.17) is 0 Å². The number of halogens is 2. The van der Waals surface area contributed by atoms with Crippen molar-refractivity contribution in [1.29, 1.82) is 0 Å². The highest BCUT2D eigenvalue weighted by molar-refractivity contribution is 6.92. The largest absolute Gasteiger partial charge is 0.204 e. The SMILES string of the molecule is CCCCC[Si]1(c2ccccc2)CCC(C2CCC(C=Cc3ccc(F)c(F)c3)CC2)CC1. The maximum absolute atomic E-state index is 13.4. The smallest absolute Gasteiger partial charge is 0.159 e. The van der Waals surface area contributed by atoms with Crippen molar-refractivity contribution in [2.24, 2.45) is 17.8 Å². The highest BCUT2D eigenvalue weighted by Gasteiger charge is 2.40. The van der Waals surface area contributed by atoms with Gasteiger partial charge in [0.15, 0.2) is 11.6 Å². The molecule has 0 aromatic heterocycles. The van der Waals surface area contributed by atoms with Gasteiger partial charge in [0, 0.05) is 0 Å². The van der Waals surface area contributed by atoms with E-state index in [1.807, 2.05) is 6.08 Å². The Balaban J connectivity index is 1.30. The van der Waals surface area contributed by atoms with E-state index in [1.165, 1.54) is 88.1 Å². The van der Waals surface area contributed by atoms with E-state index in [1.54, 1.807) is 11.3 Å². The number of hydrogen-bond acceptors (Lipinski definition) is 0. The van der Waals surface area contributed by atoms with Gasteiger partial charge in [0.05, 0.1) is 8.07 Å². The predicted octanol–water partition coefficient (Wildman–Crippen LogP) is 8.74. The van der Waals surface area contributed by atoms with Crippen molar-refractivity contribution in [2.75, 3.05) is 0 Å². The minimum atomic E-state index is -1.34. The Morgan fingerprint density at radius 1 is 0.818 bits per heavy atom. The molecule has 0 spiro atoms. The van der Waals surface area contributed by atoms with Crippen molar-refractivity contribution in [2.45, 2.75) is 82.8 Å². The fourth-order valence-corrected chi connectivity index (χ4v) is 11.8. The molecule has 0 nitrogen and oxygen atoms in total. The molecular formula is C30H40F2Si. The molecule has 0 amide bonds. The van der Waals surface area contributed by atoms with Crippen molar-refractivity contribution in [3.63, 3.8) is 0 Å². The molecule has 0 unspecified atom stereocenters. The zero-order valence-electron chi connectivity index (χ0n) is 20.2. The first-order chi connectivity index (χ1) is 16.1. The summed E-state index contributed by atoms with van der Waals surface area (Å²) >= 11 is 0. The molecule has 1 heterocycles. The Labute approximate surface area is 200 Å². The fraction of sp³-hybridized carbons (Fsp3) is 0.533. The number of benzene rings is 2. The summed E-state index contributed by atoms with van der Waals surface area (Å²) < 4.78 is 26.6. The van der Waals surface area contributed by atoms with Gasteiger partial charge in [-0.05, 0) is 61.1 Å². The third kappa shape index (κ3) is 6.23. The number of allylic oxidation sites excluding steroid dienone is 1. The summed E-state index contributed by atoms with van der Waals surface area (Å²) in [6.45, 7) is 2.32. The van der Waals surface area contributed by atoms with Crippen molar-refractivity contribution < 1.29 is 8.78 Å². The Hall–Kier alpha value is -1.74. The van der Waals surface area contributed by atoms with Crippen LogP contribution in [-0.4, -0.2) is 8.07 Å². The molecular weight excluding hydrogens is 426 g/mol. The Morgan fingerprint density at radius 2 is 1.52 bits per heavy atom. The Kier molecular flexibility index (Phi) is 8.57. The summed E-state index contributed by atoms with van der Waals surface area (Å²) in [5.74, 6) is 0.838. The molecule has 0 atom stereocenters. The molecule has 0 radical (unpaired) electrons. The zero-order valence-corrected chi connectivity index (χ0v) is 21.2. The van der Waals surface area contributed by atoms with Crippen LogP contribution in [0.1, 0.15) is 70.3 Å². The van der Waals surface area contributed by atoms with Gasteiger partial charge in [0.1, 0.15) is 0 Å². The van der Waals surface area contributed by atoms with E-state index in [0.29, 0.717) is 5.92 Å². The third-order valence-electron chi connectivity index (χ3n) is 8.62. The second-order valence-electron chi connectivity index (χ2n) is 10.6. The molecule has 33 heavy (non-hydrogen) atoms. The van der Waals surface area contributed by atoms with Crippen LogP contribution in [0, 0.1) is 29.4 Å². The fourth-order valence-electron chi connectivity index (χ4n) is 6.52. The molecule has 2 aromatic carbocycles. The van der Waals surface area contributed by atoms with Crippen LogP contribution < -0.4 is 5.19 Å². The zero-order chi connectivity index (χ0) is 23.1. The van der Waals surface area contributed by atoms with Crippen LogP contribution >= 0.6 is 0 Å². The maximum Gasteiger partial charge on any atom is 0.159 e. The second kappa shape index (κ2) is 11.6. The van der Waals surface area contributed by atoms with E-state index in [-0.39, 0.29) is 0 Å². The Bertz CT molecular complexity index is 891. The van der Waals surface area contributed by atoms with Crippen molar-refractivity contribution in [3.8, 4) is 0 Å². The lowest BCUT2D eigenvalue weighted by Gasteiger charge is -2.43. The van der Waals surface area contributed by atoms with Gasteiger partial charge < -0.3 is 0 Å². The average molecular weight is 467 g/mol. The first-order valence-electron chi connectivity index (χ1n) is 13.3. The van der Waals surface area contributed by atoms with Gasteiger partial charge in [0.2, 0.25) is 0 Å². The van der Waals surface area contributed by atoms with Gasteiger partial charge in [0.25, 0.3) is 0 Å². The summed E-state index contributed by atoms with van der Waals surface area (Å²) in [6.07, 6.45) is 16.3. The van der Waals surface area contributed by atoms with Gasteiger partial charge in [-0.25, -0.2) is 8.78 Å². The van der Waals surface area contributed by atoms with Gasteiger partial charge in [-0.15, -0.1) is 0 Å². The lowest BCUT2D eigenvalue weighted by molar-refractivity contribution is 0.208. The minimum absolute atomic E-state index is 0.574. The monoisotopic (exact) mass is 466 g/mol. The average Bonchev–Trinajstić information content (AvgIpc) is 2.86. The summed E-state index contributed by atoms with van der Waals surface area (Å²) in [6, 6.07) is 20.2. The molecule has 2 aromatic rings. The highest BCUT2D eigenvalue weighted by Crippen LogP contribution is 2.44. The van der Waals surface area contributed by atoms with Crippen LogP contribution in [-0.2, 0) is 0 Å². The molecule has 1 aliphatic carbocycles. The minimum Gasteiger partial charge on any atom is -0.204 e. The first-order valence-corrected chi connectivity index (χ1v) is 15.9. The molecule has 0 bridgehead atoms. The van der Waals surface area contributed by atoms with E-state index < -0.39 is 19.7 Å². The number of hydrogen-bond donors (Lipinski definition) is 0. The van der Waals surface area contributed by atoms with Crippen molar-refractivity contribution in [1.82, 2.24) is 0 Å². The van der Waals surface area contributed by atoms with Crippen LogP contribution in [0.3, 0.4) is 0 Å². The van der Waals surface area contributed by atoms with Crippen LogP contribution in [0.5, 0.6) is 0 Å². The van der Waals surface area contributed by atoms with Gasteiger partial charge >= 0.3 is 0 Å². The van der Waals surface area contributed by atoms with Crippen LogP contribution in [0.25, 0.3) is 6.08 Å². The number of unbranched alkanes of at least 4 members (excludes halogenated alkanes) is 2. The number of rotatable bonds is 8. The lowest BCUT2D eigenvalue weighted by atomic mass is 9.74. The second-order valence-corrected chi connectivity index (χ2v) is 15.3. The van der Waals surface area contributed by atoms with Crippen LogP contribution in [0.15, 0.2) is 54.6 Å². The van der Waals surface area contributed by atoms with E-state index in [9.17, 15) is 8.78 Å². The normalized spacial score (nSPS) is 28.3. The lowest BCUT2D eigenvalue weighted by Crippen LogP contribution is -2.50. The molecule has 1 saturated carbocycles. The predicted molar refractivity (Wildman–Crippen MR) is 139 cm³/mol. The highest BCUT2D eigenvalue weighted by atomic mass is 28.3. The molecule has 1 saturated heterocycles. The topological polar surface area (TPSA) is 0 Å². The van der Waals surface area contributed by atoms with Gasteiger partial charge in [-0.2, -0.15) is 0 Å². The standard InChI is InChI=1S/C30H40F2Si/c1-2-3-7-20-33(28-8-5-4-6-9-28)21-18-27(19-22-33)26-15-12-24(13-16-26)10-11-25-14-17-29(31)30(32)23-25/h4-6,8-11,14,17,23-24,26-27H,2-3,7,12-13,15-16,18-22H2,1H3. The quantitative estimate of drug-likeness (QED) is 0.269. The molecule has 0 N–H and O–H groups in total. The molecule has 1 aliphatic heterocycles. The van der Waals surface area contributed by atoms with E-state index in [0.717, 1.165) is 17.4 Å². The molecule has 3 heteroatoms. The van der Waals surface area contributed by atoms with E-state index >= 15 is 0 Å². The summed E-state index contributed by atoms with van der Waals surface area (Å²) in [5.41, 5.74) is 0.758. The maximum atomic E-state index is 13.4. The summed E-state index contributed by atoms with van der Waals surface area (Å²) in [4.78, 5) is 0. The van der Waals surface area contributed by atoms with Crippen LogP contribution in [0.4, 0.5) is 8.78 Å². The third-order valence-corrected chi connectivity index (χ3v) is 14.0. The molecule has 4 rings (SSSR count). The summed E-state index contributed by atoms with van der Waals surface area (Å²) in [5, 5.41) is 1.71. The molecule has 178 valence electrons.